The number of methoxy groups -OCH3 is 1. The predicted molar refractivity (Wildman–Crippen MR) is 86.6 cm³/mol. The second-order valence-electron chi connectivity index (χ2n) is 7.16. The molecule has 2 saturated heterocycles. The third-order valence-electron chi connectivity index (χ3n) is 5.58. The Morgan fingerprint density at radius 1 is 1.35 bits per heavy atom. The highest BCUT2D eigenvalue weighted by Gasteiger charge is 2.48. The van der Waals surface area contributed by atoms with Crippen LogP contribution >= 0.6 is 0 Å². The average Bonchev–Trinajstić information content (AvgIpc) is 3.34. The zero-order chi connectivity index (χ0) is 15.8. The minimum Gasteiger partial charge on any atom is -0.381 e. The molecule has 0 bridgehead atoms. The molecule has 0 aromatic carbocycles. The molecule has 1 aromatic rings. The normalized spacial score (nSPS) is 31.2. The first-order valence-electron chi connectivity index (χ1n) is 8.71. The first-order valence-corrected chi connectivity index (χ1v) is 8.71. The molecule has 5 nitrogen and oxygen atoms in total. The Morgan fingerprint density at radius 3 is 2.91 bits per heavy atom. The Labute approximate surface area is 137 Å². The molecule has 1 saturated carbocycles. The summed E-state index contributed by atoms with van der Waals surface area (Å²) in [7, 11) is 1.81. The van der Waals surface area contributed by atoms with E-state index in [-0.39, 0.29) is 6.10 Å². The maximum Gasteiger partial charge on any atom is 0.225 e. The first kappa shape index (κ1) is 15.1. The van der Waals surface area contributed by atoms with Crippen molar-refractivity contribution in [3.63, 3.8) is 0 Å². The molecule has 5 heteroatoms. The third kappa shape index (κ3) is 3.00. The van der Waals surface area contributed by atoms with Gasteiger partial charge in [-0.15, -0.1) is 0 Å². The lowest BCUT2D eigenvalue weighted by atomic mass is 9.88. The number of amides is 1. The third-order valence-corrected chi connectivity index (χ3v) is 5.58. The highest BCUT2D eigenvalue weighted by Crippen LogP contribution is 2.38. The van der Waals surface area contributed by atoms with E-state index in [1.807, 2.05) is 25.6 Å². The van der Waals surface area contributed by atoms with Crippen molar-refractivity contribution in [2.75, 3.05) is 26.7 Å². The van der Waals surface area contributed by atoms with Gasteiger partial charge in [-0.3, -0.25) is 14.7 Å². The fraction of sp³-hybridized carbons (Fsp3) is 0.667. The van der Waals surface area contributed by atoms with Gasteiger partial charge in [-0.25, -0.2) is 0 Å². The Kier molecular flexibility index (Phi) is 4.07. The van der Waals surface area contributed by atoms with Crippen LogP contribution in [0.5, 0.6) is 0 Å². The van der Waals surface area contributed by atoms with Crippen molar-refractivity contribution in [2.45, 2.75) is 38.0 Å². The number of hydrogen-bond acceptors (Lipinski definition) is 4. The largest absolute Gasteiger partial charge is 0.381 e. The summed E-state index contributed by atoms with van der Waals surface area (Å²) in [5, 5.41) is 0. The summed E-state index contributed by atoms with van der Waals surface area (Å²) in [5.74, 6) is 1.13. The van der Waals surface area contributed by atoms with E-state index in [4.69, 9.17) is 4.74 Å². The van der Waals surface area contributed by atoms with Gasteiger partial charge in [-0.2, -0.15) is 0 Å². The smallest absolute Gasteiger partial charge is 0.225 e. The van der Waals surface area contributed by atoms with Gasteiger partial charge in [0.2, 0.25) is 5.91 Å². The molecule has 3 heterocycles. The van der Waals surface area contributed by atoms with Crippen LogP contribution in [0, 0.1) is 11.8 Å². The highest BCUT2D eigenvalue weighted by atomic mass is 16.5. The number of ether oxygens (including phenoxy) is 1. The van der Waals surface area contributed by atoms with Crippen molar-refractivity contribution in [3.8, 4) is 0 Å². The van der Waals surface area contributed by atoms with Crippen molar-refractivity contribution >= 4 is 5.91 Å². The van der Waals surface area contributed by atoms with E-state index >= 15 is 0 Å². The van der Waals surface area contributed by atoms with Crippen LogP contribution in [0.1, 0.15) is 24.8 Å². The summed E-state index contributed by atoms with van der Waals surface area (Å²) in [6.45, 7) is 3.73. The van der Waals surface area contributed by atoms with Crippen molar-refractivity contribution in [3.05, 3.63) is 30.1 Å². The zero-order valence-electron chi connectivity index (χ0n) is 13.7. The van der Waals surface area contributed by atoms with Gasteiger partial charge in [0.05, 0.1) is 12.1 Å². The van der Waals surface area contributed by atoms with E-state index in [9.17, 15) is 4.79 Å². The van der Waals surface area contributed by atoms with Crippen LogP contribution in [0.3, 0.4) is 0 Å². The van der Waals surface area contributed by atoms with Crippen molar-refractivity contribution in [1.82, 2.24) is 14.8 Å². The maximum atomic E-state index is 12.6. The molecule has 0 N–H and O–H groups in total. The SMILES string of the molecule is CO[C@@H]1CCN(C(=O)C2CC2)[C@@H]2CN(Cc3cccnc3)C[C@@H]21. The van der Waals surface area contributed by atoms with E-state index in [1.54, 1.807) is 0 Å². The fourth-order valence-corrected chi connectivity index (χ4v) is 4.25. The number of nitrogens with zero attached hydrogens (tertiary/aromatic N) is 3. The molecule has 23 heavy (non-hydrogen) atoms. The molecule has 3 atom stereocenters. The van der Waals surface area contributed by atoms with Crippen LogP contribution < -0.4 is 0 Å². The molecule has 4 rings (SSSR count). The number of pyridine rings is 1. The zero-order valence-corrected chi connectivity index (χ0v) is 13.7. The summed E-state index contributed by atoms with van der Waals surface area (Å²) in [6, 6.07) is 4.42. The number of carbonyl (C=O) groups excluding carboxylic acids is 1. The van der Waals surface area contributed by atoms with E-state index in [0.29, 0.717) is 23.8 Å². The van der Waals surface area contributed by atoms with Crippen LogP contribution in [0.2, 0.25) is 0 Å². The first-order chi connectivity index (χ1) is 11.3. The second kappa shape index (κ2) is 6.21. The molecule has 3 aliphatic rings. The van der Waals surface area contributed by atoms with E-state index in [0.717, 1.165) is 45.4 Å². The van der Waals surface area contributed by atoms with Gasteiger partial charge in [0.15, 0.2) is 0 Å². The Balaban J connectivity index is 1.48. The van der Waals surface area contributed by atoms with Gasteiger partial charge in [0.1, 0.15) is 0 Å². The van der Waals surface area contributed by atoms with Gasteiger partial charge in [0.25, 0.3) is 0 Å². The Morgan fingerprint density at radius 2 is 2.22 bits per heavy atom. The average molecular weight is 315 g/mol. The molecule has 124 valence electrons. The number of fused-ring (bicyclic) bond motifs is 1. The second-order valence-corrected chi connectivity index (χ2v) is 7.16. The number of piperidine rings is 1. The summed E-state index contributed by atoms with van der Waals surface area (Å²) in [4.78, 5) is 21.4. The monoisotopic (exact) mass is 315 g/mol. The number of rotatable bonds is 4. The van der Waals surface area contributed by atoms with Crippen LogP contribution in [0.15, 0.2) is 24.5 Å². The molecule has 1 aliphatic carbocycles. The van der Waals surface area contributed by atoms with Crippen molar-refractivity contribution in [2.24, 2.45) is 11.8 Å². The number of likely N-dealkylation sites (tertiary alicyclic amines) is 2. The lowest BCUT2D eigenvalue weighted by Crippen LogP contribution is -2.54. The predicted octanol–water partition coefficient (Wildman–Crippen LogP) is 1.54. The van der Waals surface area contributed by atoms with Crippen molar-refractivity contribution in [1.29, 1.82) is 0 Å². The minimum absolute atomic E-state index is 0.280. The summed E-state index contributed by atoms with van der Waals surface area (Å²) >= 11 is 0. The van der Waals surface area contributed by atoms with Gasteiger partial charge < -0.3 is 9.64 Å². The topological polar surface area (TPSA) is 45.7 Å². The summed E-state index contributed by atoms with van der Waals surface area (Å²) in [5.41, 5.74) is 1.24. The molecule has 1 amide bonds. The van der Waals surface area contributed by atoms with E-state index in [2.05, 4.69) is 20.9 Å². The maximum absolute atomic E-state index is 12.6. The lowest BCUT2D eigenvalue weighted by Gasteiger charge is -2.41. The van der Waals surface area contributed by atoms with Gasteiger partial charge in [-0.05, 0) is 30.9 Å². The van der Waals surface area contributed by atoms with E-state index < -0.39 is 0 Å². The molecular weight excluding hydrogens is 290 g/mol. The van der Waals surface area contributed by atoms with Crippen LogP contribution in [-0.4, -0.2) is 59.6 Å². The highest BCUT2D eigenvalue weighted by molar-refractivity contribution is 5.81. The summed E-state index contributed by atoms with van der Waals surface area (Å²) < 4.78 is 5.73. The Hall–Kier alpha value is -1.46. The Bertz CT molecular complexity index is 561. The van der Waals surface area contributed by atoms with Crippen LogP contribution in [0.4, 0.5) is 0 Å². The lowest BCUT2D eigenvalue weighted by molar-refractivity contribution is -0.140. The molecule has 0 unspecified atom stereocenters. The molecule has 2 aliphatic heterocycles. The standard InChI is InChI=1S/C18H25N3O2/c1-23-17-6-8-21(18(22)14-4-5-14)16-12-20(11-15(16)17)10-13-3-2-7-19-9-13/h2-3,7,9,14-17H,4-6,8,10-12H2,1H3/t15-,16+,17+/m0/s1. The molecule has 3 fully saturated rings. The molecule has 0 spiro atoms. The quantitative estimate of drug-likeness (QED) is 0.845. The van der Waals surface area contributed by atoms with Crippen LogP contribution in [0.25, 0.3) is 0 Å². The van der Waals surface area contributed by atoms with Gasteiger partial charge in [0, 0.05) is 57.5 Å². The van der Waals surface area contributed by atoms with Gasteiger partial charge >= 0.3 is 0 Å². The minimum atomic E-state index is 0.280. The molecule has 1 aromatic heterocycles. The van der Waals surface area contributed by atoms with E-state index in [1.165, 1.54) is 5.56 Å². The number of aromatic nitrogens is 1. The summed E-state index contributed by atoms with van der Waals surface area (Å²) in [6.07, 6.45) is 7.16. The number of hydrogen-bond donors (Lipinski definition) is 0. The number of carbonyl (C=O) groups is 1. The fourth-order valence-electron chi connectivity index (χ4n) is 4.25. The van der Waals surface area contributed by atoms with Crippen molar-refractivity contribution < 1.29 is 9.53 Å². The van der Waals surface area contributed by atoms with Gasteiger partial charge in [-0.1, -0.05) is 6.07 Å². The molecule has 0 radical (unpaired) electrons. The van der Waals surface area contributed by atoms with Crippen LogP contribution in [-0.2, 0) is 16.1 Å². The molecular formula is C18H25N3O2.